The number of ether oxygens (including phenoxy) is 1. The lowest BCUT2D eigenvalue weighted by molar-refractivity contribution is -0.116. The van der Waals surface area contributed by atoms with Crippen molar-refractivity contribution in [2.45, 2.75) is 39.5 Å². The van der Waals surface area contributed by atoms with Gasteiger partial charge in [-0.25, -0.2) is 0 Å². The lowest BCUT2D eigenvalue weighted by Crippen LogP contribution is -2.11. The molecule has 0 fully saturated rings. The molecular weight excluding hydrogens is 214 g/mol. The molecule has 0 aliphatic rings. The van der Waals surface area contributed by atoms with E-state index in [4.69, 9.17) is 4.74 Å². The van der Waals surface area contributed by atoms with Gasteiger partial charge in [-0.1, -0.05) is 26.8 Å². The maximum absolute atomic E-state index is 11.6. The third-order valence-electron chi connectivity index (χ3n) is 2.64. The number of carbonyl (C=O) groups is 1. The van der Waals surface area contributed by atoms with E-state index in [1.165, 1.54) is 5.56 Å². The van der Waals surface area contributed by atoms with Gasteiger partial charge in [0.15, 0.2) is 0 Å². The summed E-state index contributed by atoms with van der Waals surface area (Å²) in [7, 11) is 1.61. The van der Waals surface area contributed by atoms with E-state index in [0.717, 1.165) is 12.1 Å². The summed E-state index contributed by atoms with van der Waals surface area (Å²) in [6.45, 7) is 6.24. The van der Waals surface area contributed by atoms with Gasteiger partial charge in [0.1, 0.15) is 5.75 Å². The number of hydrogen-bond acceptors (Lipinski definition) is 2. The molecular formula is C14H21NO2. The molecule has 0 spiro atoms. The summed E-state index contributed by atoms with van der Waals surface area (Å²) in [6.07, 6.45) is 1.38. The largest absolute Gasteiger partial charge is 0.495 e. The van der Waals surface area contributed by atoms with Crippen LogP contribution in [0, 0.1) is 0 Å². The summed E-state index contributed by atoms with van der Waals surface area (Å²) in [5.74, 6) is 1.17. The molecule has 1 aromatic rings. The minimum absolute atomic E-state index is 0.0340. The molecule has 0 unspecified atom stereocenters. The first-order chi connectivity index (χ1) is 8.08. The van der Waals surface area contributed by atoms with Crippen molar-refractivity contribution in [2.75, 3.05) is 12.4 Å². The molecule has 3 nitrogen and oxygen atoms in total. The van der Waals surface area contributed by atoms with Gasteiger partial charge < -0.3 is 10.1 Å². The number of hydrogen-bond donors (Lipinski definition) is 1. The Morgan fingerprint density at radius 2 is 2.12 bits per heavy atom. The van der Waals surface area contributed by atoms with Crippen LogP contribution in [0.25, 0.3) is 0 Å². The molecule has 0 saturated carbocycles. The SMILES string of the molecule is CCCC(=O)Nc1cc(C(C)C)ccc1OC. The highest BCUT2D eigenvalue weighted by Crippen LogP contribution is 2.28. The predicted molar refractivity (Wildman–Crippen MR) is 70.6 cm³/mol. The molecule has 0 heterocycles. The molecule has 1 N–H and O–H groups in total. The molecule has 0 saturated heterocycles. The summed E-state index contributed by atoms with van der Waals surface area (Å²) in [5, 5.41) is 2.89. The highest BCUT2D eigenvalue weighted by Gasteiger charge is 2.09. The molecule has 0 aliphatic heterocycles. The normalized spacial score (nSPS) is 10.4. The van der Waals surface area contributed by atoms with E-state index in [0.29, 0.717) is 18.1 Å². The maximum Gasteiger partial charge on any atom is 0.224 e. The summed E-state index contributed by atoms with van der Waals surface area (Å²) in [4.78, 5) is 11.6. The van der Waals surface area contributed by atoms with Gasteiger partial charge in [-0.05, 0) is 30.0 Å². The van der Waals surface area contributed by atoms with Crippen LogP contribution in [0.4, 0.5) is 5.69 Å². The van der Waals surface area contributed by atoms with Crippen LogP contribution in [0.1, 0.15) is 45.1 Å². The number of nitrogens with one attached hydrogen (secondary N) is 1. The molecule has 1 amide bonds. The van der Waals surface area contributed by atoms with E-state index in [1.54, 1.807) is 7.11 Å². The topological polar surface area (TPSA) is 38.3 Å². The highest BCUT2D eigenvalue weighted by atomic mass is 16.5. The Labute approximate surface area is 103 Å². The van der Waals surface area contributed by atoms with Gasteiger partial charge in [0.25, 0.3) is 0 Å². The van der Waals surface area contributed by atoms with Crippen molar-refractivity contribution in [2.24, 2.45) is 0 Å². The molecule has 0 aliphatic carbocycles. The molecule has 94 valence electrons. The minimum atomic E-state index is 0.0340. The molecule has 0 radical (unpaired) electrons. The predicted octanol–water partition coefficient (Wildman–Crippen LogP) is 3.56. The van der Waals surface area contributed by atoms with Gasteiger partial charge in [-0.2, -0.15) is 0 Å². The Morgan fingerprint density at radius 1 is 1.41 bits per heavy atom. The molecule has 0 atom stereocenters. The first kappa shape index (κ1) is 13.6. The van der Waals surface area contributed by atoms with Gasteiger partial charge in [-0.3, -0.25) is 4.79 Å². The summed E-state index contributed by atoms with van der Waals surface area (Å²) < 4.78 is 5.24. The second-order valence-electron chi connectivity index (χ2n) is 4.41. The molecule has 1 rings (SSSR count). The van der Waals surface area contributed by atoms with Gasteiger partial charge in [0, 0.05) is 6.42 Å². The second-order valence-corrected chi connectivity index (χ2v) is 4.41. The Hall–Kier alpha value is -1.51. The summed E-state index contributed by atoms with van der Waals surface area (Å²) in [6, 6.07) is 5.91. The quantitative estimate of drug-likeness (QED) is 0.847. The van der Waals surface area contributed by atoms with Crippen molar-refractivity contribution < 1.29 is 9.53 Å². The minimum Gasteiger partial charge on any atom is -0.495 e. The Kier molecular flexibility index (Phi) is 5.01. The fourth-order valence-electron chi connectivity index (χ4n) is 1.62. The zero-order chi connectivity index (χ0) is 12.8. The fraction of sp³-hybridized carbons (Fsp3) is 0.500. The van der Waals surface area contributed by atoms with Gasteiger partial charge in [-0.15, -0.1) is 0 Å². The van der Waals surface area contributed by atoms with Crippen molar-refractivity contribution in [3.8, 4) is 5.75 Å². The lowest BCUT2D eigenvalue weighted by atomic mass is 10.0. The van der Waals surface area contributed by atoms with Crippen LogP contribution in [0.2, 0.25) is 0 Å². The first-order valence-corrected chi connectivity index (χ1v) is 6.06. The fourth-order valence-corrected chi connectivity index (χ4v) is 1.62. The van der Waals surface area contributed by atoms with Crippen LogP contribution >= 0.6 is 0 Å². The lowest BCUT2D eigenvalue weighted by Gasteiger charge is -2.13. The zero-order valence-electron chi connectivity index (χ0n) is 11.0. The average molecular weight is 235 g/mol. The average Bonchev–Trinajstić information content (AvgIpc) is 2.29. The second kappa shape index (κ2) is 6.28. The highest BCUT2D eigenvalue weighted by molar-refractivity contribution is 5.92. The third-order valence-corrected chi connectivity index (χ3v) is 2.64. The van der Waals surface area contributed by atoms with Gasteiger partial charge >= 0.3 is 0 Å². The van der Waals surface area contributed by atoms with Crippen LogP contribution < -0.4 is 10.1 Å². The number of rotatable bonds is 5. The van der Waals surface area contributed by atoms with Crippen LogP contribution in [-0.2, 0) is 4.79 Å². The van der Waals surface area contributed by atoms with Gasteiger partial charge in [0.2, 0.25) is 5.91 Å². The van der Waals surface area contributed by atoms with E-state index in [2.05, 4.69) is 19.2 Å². The summed E-state index contributed by atoms with van der Waals surface area (Å²) in [5.41, 5.74) is 1.95. The first-order valence-electron chi connectivity index (χ1n) is 6.06. The molecule has 3 heteroatoms. The maximum atomic E-state index is 11.6. The zero-order valence-corrected chi connectivity index (χ0v) is 11.0. The standard InChI is InChI=1S/C14H21NO2/c1-5-6-14(16)15-12-9-11(10(2)3)7-8-13(12)17-4/h7-10H,5-6H2,1-4H3,(H,15,16). The van der Waals surface area contributed by atoms with Gasteiger partial charge in [0.05, 0.1) is 12.8 Å². The third kappa shape index (κ3) is 3.77. The number of benzene rings is 1. The Balaban J connectivity index is 2.93. The van der Waals surface area contributed by atoms with E-state index in [1.807, 2.05) is 25.1 Å². The Morgan fingerprint density at radius 3 is 2.65 bits per heavy atom. The smallest absolute Gasteiger partial charge is 0.224 e. The van der Waals surface area contributed by atoms with Crippen molar-refractivity contribution in [3.63, 3.8) is 0 Å². The number of anilines is 1. The molecule has 17 heavy (non-hydrogen) atoms. The Bertz CT molecular complexity index is 386. The van der Waals surface area contributed by atoms with Crippen molar-refractivity contribution in [1.82, 2.24) is 0 Å². The van der Waals surface area contributed by atoms with Crippen LogP contribution in [0.3, 0.4) is 0 Å². The van der Waals surface area contributed by atoms with E-state index < -0.39 is 0 Å². The monoisotopic (exact) mass is 235 g/mol. The number of carbonyl (C=O) groups excluding carboxylic acids is 1. The molecule has 1 aromatic carbocycles. The van der Waals surface area contributed by atoms with E-state index >= 15 is 0 Å². The van der Waals surface area contributed by atoms with E-state index in [9.17, 15) is 4.79 Å². The number of amides is 1. The van der Waals surface area contributed by atoms with Crippen molar-refractivity contribution in [1.29, 1.82) is 0 Å². The summed E-state index contributed by atoms with van der Waals surface area (Å²) >= 11 is 0. The van der Waals surface area contributed by atoms with Crippen molar-refractivity contribution >= 4 is 11.6 Å². The van der Waals surface area contributed by atoms with Crippen LogP contribution in [0.15, 0.2) is 18.2 Å². The number of methoxy groups -OCH3 is 1. The van der Waals surface area contributed by atoms with Crippen LogP contribution in [0.5, 0.6) is 5.75 Å². The van der Waals surface area contributed by atoms with Crippen LogP contribution in [-0.4, -0.2) is 13.0 Å². The van der Waals surface area contributed by atoms with E-state index in [-0.39, 0.29) is 5.91 Å². The van der Waals surface area contributed by atoms with Crippen molar-refractivity contribution in [3.05, 3.63) is 23.8 Å². The molecule has 0 aromatic heterocycles. The molecule has 0 bridgehead atoms.